The maximum atomic E-state index is 6.20. The zero-order valence-electron chi connectivity index (χ0n) is 13.3. The van der Waals surface area contributed by atoms with Crippen LogP contribution in [0, 0.1) is 0 Å². The van der Waals surface area contributed by atoms with Crippen molar-refractivity contribution in [1.82, 2.24) is 0 Å². The second-order valence-electron chi connectivity index (χ2n) is 5.00. The highest BCUT2D eigenvalue weighted by molar-refractivity contribution is 5.25. The first-order valence-electron chi connectivity index (χ1n) is 7.86. The Morgan fingerprint density at radius 1 is 0.952 bits per heavy atom. The smallest absolute Gasteiger partial charge is 0.318 e. The van der Waals surface area contributed by atoms with Crippen LogP contribution in [0.5, 0.6) is 0 Å². The molecule has 0 saturated carbocycles. The topological polar surface area (TPSA) is 36.9 Å². The summed E-state index contributed by atoms with van der Waals surface area (Å²) in [6.45, 7) is 8.06. The average molecular weight is 294 g/mol. The standard InChI is InChI=1S/C17H26O4/c1-4-18-16(15-11-8-7-9-12-15)13-10-14-21-17(16,19-5-2)20-6-3/h7-9,11-12H,4-6,10,13-14H2,1-3H3. The summed E-state index contributed by atoms with van der Waals surface area (Å²) in [6, 6.07) is 10.1. The highest BCUT2D eigenvalue weighted by Gasteiger charge is 2.59. The van der Waals surface area contributed by atoms with E-state index in [1.807, 2.05) is 39.0 Å². The largest absolute Gasteiger partial charge is 0.362 e. The summed E-state index contributed by atoms with van der Waals surface area (Å²) in [5, 5.41) is 0. The fourth-order valence-corrected chi connectivity index (χ4v) is 3.05. The van der Waals surface area contributed by atoms with Gasteiger partial charge in [-0.3, -0.25) is 0 Å². The molecule has 1 fully saturated rings. The van der Waals surface area contributed by atoms with Gasteiger partial charge in [0.15, 0.2) is 5.60 Å². The maximum absolute atomic E-state index is 6.20. The summed E-state index contributed by atoms with van der Waals surface area (Å²) in [5.74, 6) is -1.17. The van der Waals surface area contributed by atoms with Gasteiger partial charge >= 0.3 is 5.97 Å². The lowest BCUT2D eigenvalue weighted by Gasteiger charge is -2.50. The molecule has 0 aliphatic carbocycles. The Morgan fingerprint density at radius 3 is 2.14 bits per heavy atom. The van der Waals surface area contributed by atoms with Crippen molar-refractivity contribution in [3.63, 3.8) is 0 Å². The summed E-state index contributed by atoms with van der Waals surface area (Å²) >= 11 is 0. The van der Waals surface area contributed by atoms with Crippen LogP contribution in [0.1, 0.15) is 39.2 Å². The van der Waals surface area contributed by atoms with Crippen LogP contribution in [-0.2, 0) is 24.5 Å². The van der Waals surface area contributed by atoms with Gasteiger partial charge in [0.1, 0.15) is 0 Å². The molecular weight excluding hydrogens is 268 g/mol. The second kappa shape index (κ2) is 7.36. The van der Waals surface area contributed by atoms with E-state index in [-0.39, 0.29) is 0 Å². The van der Waals surface area contributed by atoms with Gasteiger partial charge in [-0.15, -0.1) is 0 Å². The van der Waals surface area contributed by atoms with E-state index >= 15 is 0 Å². The predicted molar refractivity (Wildman–Crippen MR) is 80.9 cm³/mol. The minimum Gasteiger partial charge on any atom is -0.362 e. The van der Waals surface area contributed by atoms with E-state index in [2.05, 4.69) is 12.1 Å². The van der Waals surface area contributed by atoms with E-state index in [4.69, 9.17) is 18.9 Å². The fraction of sp³-hybridized carbons (Fsp3) is 0.647. The molecule has 4 heteroatoms. The molecule has 21 heavy (non-hydrogen) atoms. The van der Waals surface area contributed by atoms with E-state index in [1.54, 1.807) is 0 Å². The zero-order valence-corrected chi connectivity index (χ0v) is 13.3. The van der Waals surface area contributed by atoms with Crippen molar-refractivity contribution in [2.75, 3.05) is 26.4 Å². The molecule has 1 unspecified atom stereocenters. The number of hydrogen-bond donors (Lipinski definition) is 0. The first-order valence-corrected chi connectivity index (χ1v) is 7.86. The van der Waals surface area contributed by atoms with Crippen LogP contribution in [0.3, 0.4) is 0 Å². The molecule has 0 bridgehead atoms. The van der Waals surface area contributed by atoms with Gasteiger partial charge in [-0.1, -0.05) is 30.3 Å². The maximum Gasteiger partial charge on any atom is 0.318 e. The van der Waals surface area contributed by atoms with Gasteiger partial charge in [0.2, 0.25) is 0 Å². The van der Waals surface area contributed by atoms with Crippen LogP contribution in [-0.4, -0.2) is 32.4 Å². The lowest BCUT2D eigenvalue weighted by atomic mass is 9.84. The molecule has 1 heterocycles. The molecule has 1 aliphatic rings. The molecule has 0 amide bonds. The Labute approximate surface area is 127 Å². The quantitative estimate of drug-likeness (QED) is 0.722. The van der Waals surface area contributed by atoms with Gasteiger partial charge in [-0.25, -0.2) is 0 Å². The van der Waals surface area contributed by atoms with E-state index in [0.29, 0.717) is 26.4 Å². The highest BCUT2D eigenvalue weighted by atomic mass is 16.9. The highest BCUT2D eigenvalue weighted by Crippen LogP contribution is 2.47. The molecule has 0 aromatic heterocycles. The van der Waals surface area contributed by atoms with Crippen LogP contribution < -0.4 is 0 Å². The van der Waals surface area contributed by atoms with Crippen molar-refractivity contribution in [2.45, 2.75) is 45.2 Å². The number of rotatable bonds is 7. The van der Waals surface area contributed by atoms with Crippen molar-refractivity contribution in [1.29, 1.82) is 0 Å². The Kier molecular flexibility index (Phi) is 5.76. The molecule has 0 spiro atoms. The normalized spacial score (nSPS) is 24.9. The minimum absolute atomic E-state index is 0.502. The van der Waals surface area contributed by atoms with Gasteiger partial charge in [-0.05, 0) is 39.2 Å². The van der Waals surface area contributed by atoms with Gasteiger partial charge in [0.05, 0.1) is 6.61 Å². The van der Waals surface area contributed by atoms with Gasteiger partial charge < -0.3 is 18.9 Å². The monoisotopic (exact) mass is 294 g/mol. The van der Waals surface area contributed by atoms with Crippen LogP contribution in [0.2, 0.25) is 0 Å². The van der Waals surface area contributed by atoms with Crippen molar-refractivity contribution < 1.29 is 18.9 Å². The molecule has 4 nitrogen and oxygen atoms in total. The van der Waals surface area contributed by atoms with Gasteiger partial charge in [-0.2, -0.15) is 0 Å². The van der Waals surface area contributed by atoms with Crippen molar-refractivity contribution in [3.05, 3.63) is 35.9 Å². The third-order valence-electron chi connectivity index (χ3n) is 3.76. The van der Waals surface area contributed by atoms with E-state index in [9.17, 15) is 0 Å². The van der Waals surface area contributed by atoms with Crippen molar-refractivity contribution in [3.8, 4) is 0 Å². The summed E-state index contributed by atoms with van der Waals surface area (Å²) in [5.41, 5.74) is 0.307. The molecule has 118 valence electrons. The molecule has 1 aliphatic heterocycles. The van der Waals surface area contributed by atoms with Crippen molar-refractivity contribution in [2.24, 2.45) is 0 Å². The zero-order chi connectivity index (χ0) is 15.2. The lowest BCUT2D eigenvalue weighted by Crippen LogP contribution is -2.61. The number of ether oxygens (including phenoxy) is 4. The van der Waals surface area contributed by atoms with E-state index in [0.717, 1.165) is 18.4 Å². The Morgan fingerprint density at radius 2 is 1.57 bits per heavy atom. The lowest BCUT2D eigenvalue weighted by molar-refractivity contribution is -0.463. The molecule has 2 rings (SSSR count). The molecule has 1 saturated heterocycles. The summed E-state index contributed by atoms with van der Waals surface area (Å²) in [6.07, 6.45) is 1.72. The third-order valence-corrected chi connectivity index (χ3v) is 3.76. The molecule has 0 radical (unpaired) electrons. The van der Waals surface area contributed by atoms with E-state index in [1.165, 1.54) is 0 Å². The number of benzene rings is 1. The predicted octanol–water partition coefficient (Wildman–Crippen LogP) is 3.46. The van der Waals surface area contributed by atoms with Crippen molar-refractivity contribution >= 4 is 0 Å². The Hall–Kier alpha value is -0.940. The summed E-state index contributed by atoms with van der Waals surface area (Å²) in [7, 11) is 0. The van der Waals surface area contributed by atoms with Crippen LogP contribution in [0.25, 0.3) is 0 Å². The van der Waals surface area contributed by atoms with Gasteiger partial charge in [0.25, 0.3) is 0 Å². The molecule has 1 atom stereocenters. The van der Waals surface area contributed by atoms with Gasteiger partial charge in [0, 0.05) is 19.8 Å². The first kappa shape index (κ1) is 16.4. The second-order valence-corrected chi connectivity index (χ2v) is 5.00. The molecular formula is C17H26O4. The molecule has 0 N–H and O–H groups in total. The van der Waals surface area contributed by atoms with Crippen LogP contribution in [0.4, 0.5) is 0 Å². The number of hydrogen-bond acceptors (Lipinski definition) is 4. The third kappa shape index (κ3) is 2.99. The van der Waals surface area contributed by atoms with Crippen LogP contribution >= 0.6 is 0 Å². The Bertz CT molecular complexity index is 405. The molecule has 1 aromatic rings. The summed E-state index contributed by atoms with van der Waals surface area (Å²) < 4.78 is 24.1. The Balaban J connectivity index is 2.51. The fourth-order valence-electron chi connectivity index (χ4n) is 3.05. The average Bonchev–Trinajstić information content (AvgIpc) is 2.51. The SMILES string of the molecule is CCOC1(OCC)OCCCC1(OCC)c1ccccc1. The van der Waals surface area contributed by atoms with Crippen LogP contribution in [0.15, 0.2) is 30.3 Å². The first-order chi connectivity index (χ1) is 10.2. The minimum atomic E-state index is -1.17. The summed E-state index contributed by atoms with van der Waals surface area (Å²) in [4.78, 5) is 0. The molecule has 1 aromatic carbocycles. The van der Waals surface area contributed by atoms with E-state index < -0.39 is 11.6 Å².